The van der Waals surface area contributed by atoms with Crippen molar-refractivity contribution in [3.05, 3.63) is 30.3 Å². The molecule has 0 atom stereocenters. The molecule has 1 aromatic carbocycles. The summed E-state index contributed by atoms with van der Waals surface area (Å²) in [6.07, 6.45) is 0. The van der Waals surface area contributed by atoms with Gasteiger partial charge in [-0.1, -0.05) is 12.1 Å². The number of anilines is 4. The first-order chi connectivity index (χ1) is 9.42. The van der Waals surface area contributed by atoms with E-state index in [-0.39, 0.29) is 22.3 Å². The lowest BCUT2D eigenvalue weighted by Gasteiger charge is -2.10. The van der Waals surface area contributed by atoms with Crippen LogP contribution in [0.5, 0.6) is 0 Å². The Kier molecular flexibility index (Phi) is 3.61. The smallest absolute Gasteiger partial charge is 0.265 e. The molecule has 0 radical (unpaired) electrons. The number of hydrogen-bond acceptors (Lipinski definition) is 7. The molecular weight excluding hydrogens is 280 g/mol. The third-order valence-corrected chi connectivity index (χ3v) is 3.88. The Hall–Kier alpha value is -2.55. The van der Waals surface area contributed by atoms with E-state index in [4.69, 9.17) is 11.5 Å². The molecule has 2 rings (SSSR count). The maximum absolute atomic E-state index is 12.2. The monoisotopic (exact) mass is 294 g/mol. The van der Waals surface area contributed by atoms with E-state index >= 15 is 0 Å². The van der Waals surface area contributed by atoms with Crippen LogP contribution in [0.25, 0.3) is 0 Å². The van der Waals surface area contributed by atoms with Crippen molar-refractivity contribution in [3.63, 3.8) is 0 Å². The van der Waals surface area contributed by atoms with E-state index in [0.29, 0.717) is 5.82 Å². The predicted octanol–water partition coefficient (Wildman–Crippen LogP) is 0.483. The van der Waals surface area contributed by atoms with Crippen molar-refractivity contribution in [2.45, 2.75) is 4.90 Å². The van der Waals surface area contributed by atoms with Gasteiger partial charge in [0.1, 0.15) is 16.5 Å². The zero-order chi connectivity index (χ0) is 14.8. The highest BCUT2D eigenvalue weighted by Gasteiger charge is 2.18. The molecule has 0 aliphatic carbocycles. The molecule has 1 heterocycles. The minimum atomic E-state index is -3.83. The highest BCUT2D eigenvalue weighted by atomic mass is 32.2. The average Bonchev–Trinajstić information content (AvgIpc) is 2.37. The zero-order valence-corrected chi connectivity index (χ0v) is 11.5. The Labute approximate surface area is 116 Å². The van der Waals surface area contributed by atoms with Crippen LogP contribution < -0.4 is 21.5 Å². The van der Waals surface area contributed by atoms with Gasteiger partial charge in [0.05, 0.1) is 5.69 Å². The summed E-state index contributed by atoms with van der Waals surface area (Å²) in [6, 6.07) is 7.56. The molecule has 0 fully saturated rings. The Morgan fingerprint density at radius 3 is 2.40 bits per heavy atom. The van der Waals surface area contributed by atoms with Gasteiger partial charge in [0.25, 0.3) is 10.0 Å². The number of rotatable bonds is 4. The Morgan fingerprint density at radius 2 is 1.75 bits per heavy atom. The lowest BCUT2D eigenvalue weighted by Crippen LogP contribution is -2.16. The van der Waals surface area contributed by atoms with Crippen molar-refractivity contribution < 1.29 is 8.42 Å². The van der Waals surface area contributed by atoms with Gasteiger partial charge in [0, 0.05) is 13.1 Å². The highest BCUT2D eigenvalue weighted by Crippen LogP contribution is 2.21. The fourth-order valence-corrected chi connectivity index (χ4v) is 2.69. The lowest BCUT2D eigenvalue weighted by molar-refractivity contribution is 0.601. The number of benzene rings is 1. The summed E-state index contributed by atoms with van der Waals surface area (Å²) in [5.74, 6) is 0.414. The quantitative estimate of drug-likeness (QED) is 0.602. The molecule has 0 amide bonds. The molecule has 6 N–H and O–H groups in total. The highest BCUT2D eigenvalue weighted by molar-refractivity contribution is 7.92. The lowest BCUT2D eigenvalue weighted by atomic mass is 10.3. The minimum absolute atomic E-state index is 0.0248. The molecule has 2 aromatic rings. The second kappa shape index (κ2) is 5.21. The number of aromatic nitrogens is 2. The first kappa shape index (κ1) is 13.9. The molecule has 9 heteroatoms. The average molecular weight is 294 g/mol. The molecule has 0 spiro atoms. The number of nitrogens with zero attached hydrogens (tertiary/aromatic N) is 2. The Bertz CT molecular complexity index is 731. The maximum Gasteiger partial charge on any atom is 0.265 e. The number of nitrogens with one attached hydrogen (secondary N) is 2. The fourth-order valence-electron chi connectivity index (χ4n) is 1.56. The minimum Gasteiger partial charge on any atom is -0.398 e. The van der Waals surface area contributed by atoms with Crippen LogP contribution in [-0.4, -0.2) is 25.4 Å². The molecule has 0 aliphatic rings. The van der Waals surface area contributed by atoms with E-state index in [2.05, 4.69) is 20.0 Å². The van der Waals surface area contributed by atoms with Gasteiger partial charge in [0.2, 0.25) is 5.95 Å². The number of nitrogens with two attached hydrogens (primary N) is 2. The normalized spacial score (nSPS) is 11.1. The first-order valence-electron chi connectivity index (χ1n) is 5.62. The van der Waals surface area contributed by atoms with Gasteiger partial charge >= 0.3 is 0 Å². The van der Waals surface area contributed by atoms with E-state index < -0.39 is 10.0 Å². The number of sulfonamides is 1. The zero-order valence-electron chi connectivity index (χ0n) is 10.7. The SMILES string of the molecule is CNc1cc(NS(=O)(=O)c2ccccc2N)nc(N)n1. The largest absolute Gasteiger partial charge is 0.398 e. The van der Waals surface area contributed by atoms with Gasteiger partial charge in [0.15, 0.2) is 0 Å². The van der Waals surface area contributed by atoms with Crippen LogP contribution in [0.15, 0.2) is 35.2 Å². The summed E-state index contributed by atoms with van der Waals surface area (Å²) < 4.78 is 26.8. The van der Waals surface area contributed by atoms with Crippen LogP contribution in [-0.2, 0) is 10.0 Å². The van der Waals surface area contributed by atoms with Crippen LogP contribution >= 0.6 is 0 Å². The molecule has 0 saturated carbocycles. The van der Waals surface area contributed by atoms with Gasteiger partial charge in [-0.05, 0) is 12.1 Å². The second-order valence-electron chi connectivity index (χ2n) is 3.89. The van der Waals surface area contributed by atoms with E-state index in [1.54, 1.807) is 19.2 Å². The molecule has 0 unspecified atom stereocenters. The molecule has 0 saturated heterocycles. The van der Waals surface area contributed by atoms with E-state index in [1.807, 2.05) is 0 Å². The summed E-state index contributed by atoms with van der Waals surface area (Å²) in [6.45, 7) is 0. The van der Waals surface area contributed by atoms with E-state index in [1.165, 1.54) is 18.2 Å². The number of hydrogen-bond donors (Lipinski definition) is 4. The molecule has 1 aromatic heterocycles. The van der Waals surface area contributed by atoms with Gasteiger partial charge in [-0.3, -0.25) is 4.72 Å². The molecule has 0 aliphatic heterocycles. The van der Waals surface area contributed by atoms with Crippen molar-refractivity contribution in [2.24, 2.45) is 0 Å². The van der Waals surface area contributed by atoms with Gasteiger partial charge in [-0.2, -0.15) is 9.97 Å². The summed E-state index contributed by atoms with van der Waals surface area (Å²) >= 11 is 0. The predicted molar refractivity (Wildman–Crippen MR) is 77.7 cm³/mol. The van der Waals surface area contributed by atoms with E-state index in [9.17, 15) is 8.42 Å². The molecule has 8 nitrogen and oxygen atoms in total. The van der Waals surface area contributed by atoms with Crippen LogP contribution in [0.3, 0.4) is 0 Å². The van der Waals surface area contributed by atoms with Crippen molar-refractivity contribution in [3.8, 4) is 0 Å². The first-order valence-corrected chi connectivity index (χ1v) is 7.10. The molecule has 106 valence electrons. The summed E-state index contributed by atoms with van der Waals surface area (Å²) in [5.41, 5.74) is 11.3. The number of nitrogen functional groups attached to an aromatic ring is 2. The third-order valence-electron chi connectivity index (χ3n) is 2.45. The van der Waals surface area contributed by atoms with Crippen molar-refractivity contribution in [1.29, 1.82) is 0 Å². The third kappa shape index (κ3) is 2.88. The molecule has 20 heavy (non-hydrogen) atoms. The van der Waals surface area contributed by atoms with Gasteiger partial charge < -0.3 is 16.8 Å². The number of para-hydroxylation sites is 1. The van der Waals surface area contributed by atoms with Crippen LogP contribution in [0, 0.1) is 0 Å². The standard InChI is InChI=1S/C11H14N6O2S/c1-14-9-6-10(16-11(13)15-9)17-20(18,19)8-5-3-2-4-7(8)12/h2-6H,12H2,1H3,(H4,13,14,15,16,17). The van der Waals surface area contributed by atoms with Crippen molar-refractivity contribution in [1.82, 2.24) is 9.97 Å². The van der Waals surface area contributed by atoms with Crippen LogP contribution in [0.2, 0.25) is 0 Å². The maximum atomic E-state index is 12.2. The fraction of sp³-hybridized carbons (Fsp3) is 0.0909. The summed E-state index contributed by atoms with van der Waals surface area (Å²) in [7, 11) is -2.20. The Morgan fingerprint density at radius 1 is 1.10 bits per heavy atom. The van der Waals surface area contributed by atoms with Crippen LogP contribution in [0.4, 0.5) is 23.3 Å². The van der Waals surface area contributed by atoms with E-state index in [0.717, 1.165) is 0 Å². The summed E-state index contributed by atoms with van der Waals surface area (Å²) in [5, 5.41) is 2.75. The molecular formula is C11H14N6O2S. The van der Waals surface area contributed by atoms with Gasteiger partial charge in [-0.15, -0.1) is 0 Å². The second-order valence-corrected chi connectivity index (χ2v) is 5.54. The Balaban J connectivity index is 2.38. The summed E-state index contributed by atoms with van der Waals surface area (Å²) in [4.78, 5) is 7.66. The van der Waals surface area contributed by atoms with Gasteiger partial charge in [-0.25, -0.2) is 8.42 Å². The topological polar surface area (TPSA) is 136 Å². The van der Waals surface area contributed by atoms with Crippen molar-refractivity contribution in [2.75, 3.05) is 28.6 Å². The van der Waals surface area contributed by atoms with Crippen LogP contribution in [0.1, 0.15) is 0 Å². The molecule has 0 bridgehead atoms. The van der Waals surface area contributed by atoms with Crippen molar-refractivity contribution >= 4 is 33.3 Å².